The van der Waals surface area contributed by atoms with Crippen LogP contribution in [0.2, 0.25) is 0 Å². The summed E-state index contributed by atoms with van der Waals surface area (Å²) in [6.07, 6.45) is 1.69. The van der Waals surface area contributed by atoms with Crippen LogP contribution in [0.15, 0.2) is 85.1 Å². The fourth-order valence-electron chi connectivity index (χ4n) is 5.04. The maximum Gasteiger partial charge on any atom is 0.335 e. The smallest absolute Gasteiger partial charge is 0.335 e. The normalized spacial score (nSPS) is 16.3. The minimum absolute atomic E-state index is 0.230. The summed E-state index contributed by atoms with van der Waals surface area (Å²) in [6, 6.07) is 23.4. The molecule has 2 N–H and O–H groups in total. The number of carboxylic acids is 2. The zero-order valence-electron chi connectivity index (χ0n) is 20.5. The Hall–Kier alpha value is -4.65. The van der Waals surface area contributed by atoms with Gasteiger partial charge in [0, 0.05) is 30.4 Å². The molecule has 2 atom stereocenters. The van der Waals surface area contributed by atoms with Crippen molar-refractivity contribution in [2.75, 3.05) is 12.0 Å². The number of hydrogen-bond acceptors (Lipinski definition) is 5. The third-order valence-corrected chi connectivity index (χ3v) is 6.97. The molecule has 0 saturated carbocycles. The maximum absolute atomic E-state index is 12.7. The fraction of sp³-hybridized carbons (Fsp3) is 0.167. The number of para-hydroxylation sites is 1. The number of aromatic nitrogens is 1. The average molecular weight is 495 g/mol. The predicted molar refractivity (Wildman–Crippen MR) is 140 cm³/mol. The highest BCUT2D eigenvalue weighted by molar-refractivity contribution is 5.88. The number of aliphatic carboxylic acids is 1. The van der Waals surface area contributed by atoms with Crippen LogP contribution >= 0.6 is 0 Å². The molecule has 3 aromatic carbocycles. The fourth-order valence-corrected chi connectivity index (χ4v) is 5.04. The van der Waals surface area contributed by atoms with Gasteiger partial charge in [-0.15, -0.1) is 0 Å². The topological polar surface area (TPSA) is 100.0 Å². The summed E-state index contributed by atoms with van der Waals surface area (Å²) in [4.78, 5) is 30.2. The number of methoxy groups -OCH3 is 1. The van der Waals surface area contributed by atoms with E-state index in [1.165, 1.54) is 0 Å². The first-order valence-electron chi connectivity index (χ1n) is 11.9. The molecule has 1 aromatic heterocycles. The number of aryl methyl sites for hydroxylation is 1. The number of hydrogen-bond donors (Lipinski definition) is 2. The molecule has 0 amide bonds. The number of fused-ring (bicyclic) bond motifs is 1. The van der Waals surface area contributed by atoms with Gasteiger partial charge in [-0.3, -0.25) is 0 Å². The van der Waals surface area contributed by atoms with Crippen LogP contribution in [-0.2, 0) is 11.3 Å². The van der Waals surface area contributed by atoms with Gasteiger partial charge < -0.3 is 19.8 Å². The lowest BCUT2D eigenvalue weighted by Crippen LogP contribution is -2.40. The van der Waals surface area contributed by atoms with Crippen LogP contribution in [-0.4, -0.2) is 40.3 Å². The molecule has 0 saturated heterocycles. The van der Waals surface area contributed by atoms with Gasteiger partial charge in [-0.1, -0.05) is 48.5 Å². The van der Waals surface area contributed by atoms with Crippen molar-refractivity contribution in [2.24, 2.45) is 0 Å². The van der Waals surface area contributed by atoms with E-state index in [1.54, 1.807) is 43.6 Å². The van der Waals surface area contributed by atoms with Crippen molar-refractivity contribution in [3.8, 4) is 17.0 Å². The van der Waals surface area contributed by atoms with Crippen molar-refractivity contribution in [1.82, 2.24) is 4.98 Å². The number of pyridine rings is 1. The molecular formula is C30H26N2O5. The highest BCUT2D eigenvalue weighted by Crippen LogP contribution is 2.45. The summed E-state index contributed by atoms with van der Waals surface area (Å²) in [5.41, 5.74) is 6.74. The first-order chi connectivity index (χ1) is 17.9. The molecule has 0 aliphatic carbocycles. The maximum atomic E-state index is 12.7. The van der Waals surface area contributed by atoms with E-state index in [0.717, 1.165) is 39.1 Å². The van der Waals surface area contributed by atoms with E-state index < -0.39 is 18.0 Å². The molecule has 2 heterocycles. The third kappa shape index (κ3) is 4.51. The number of benzene rings is 3. The van der Waals surface area contributed by atoms with Crippen LogP contribution in [0.3, 0.4) is 0 Å². The van der Waals surface area contributed by atoms with Crippen molar-refractivity contribution >= 4 is 17.6 Å². The van der Waals surface area contributed by atoms with Crippen LogP contribution < -0.4 is 9.64 Å². The SMILES string of the molecule is COc1ccc(C2c3ccccc3N(Cc3cc(-c4ccc(C(=O)O)cc4)ccc3C)C2C(=O)O)cn1. The van der Waals surface area contributed by atoms with Crippen molar-refractivity contribution in [3.63, 3.8) is 0 Å². The molecule has 0 fully saturated rings. The lowest BCUT2D eigenvalue weighted by molar-refractivity contribution is -0.138. The van der Waals surface area contributed by atoms with Crippen LogP contribution in [0, 0.1) is 6.92 Å². The van der Waals surface area contributed by atoms with Gasteiger partial charge >= 0.3 is 11.9 Å². The van der Waals surface area contributed by atoms with Crippen molar-refractivity contribution < 1.29 is 24.5 Å². The zero-order chi connectivity index (χ0) is 26.1. The summed E-state index contributed by atoms with van der Waals surface area (Å²) < 4.78 is 5.19. The van der Waals surface area contributed by atoms with E-state index in [0.29, 0.717) is 12.4 Å². The van der Waals surface area contributed by atoms with Crippen LogP contribution in [0.5, 0.6) is 5.88 Å². The lowest BCUT2D eigenvalue weighted by atomic mass is 9.88. The summed E-state index contributed by atoms with van der Waals surface area (Å²) in [5.74, 6) is -1.79. The predicted octanol–water partition coefficient (Wildman–Crippen LogP) is 5.37. The Balaban J connectivity index is 1.53. The Morgan fingerprint density at radius 3 is 2.32 bits per heavy atom. The van der Waals surface area contributed by atoms with E-state index >= 15 is 0 Å². The second-order valence-electron chi connectivity index (χ2n) is 9.11. The van der Waals surface area contributed by atoms with E-state index in [1.807, 2.05) is 54.3 Å². The molecule has 0 radical (unpaired) electrons. The standard InChI is InChI=1S/C30H26N2O5/c1-18-7-8-21(19-9-11-20(12-10-19)29(33)34)15-23(18)17-32-25-6-4-3-5-24(25)27(28(32)30(35)36)22-13-14-26(37-2)31-16-22/h3-16,27-28H,17H2,1-2H3,(H,33,34)(H,35,36). The molecule has 0 bridgehead atoms. The van der Waals surface area contributed by atoms with Gasteiger partial charge in [0.1, 0.15) is 6.04 Å². The Morgan fingerprint density at radius 1 is 0.946 bits per heavy atom. The van der Waals surface area contributed by atoms with Gasteiger partial charge in [-0.05, 0) is 64.6 Å². The van der Waals surface area contributed by atoms with Gasteiger partial charge in [0.15, 0.2) is 0 Å². The second kappa shape index (κ2) is 9.78. The minimum atomic E-state index is -0.967. The number of aromatic carboxylic acids is 1. The number of ether oxygens (including phenoxy) is 1. The van der Waals surface area contributed by atoms with Crippen LogP contribution in [0.4, 0.5) is 5.69 Å². The highest BCUT2D eigenvalue weighted by atomic mass is 16.5. The molecule has 2 unspecified atom stereocenters. The largest absolute Gasteiger partial charge is 0.481 e. The molecule has 37 heavy (non-hydrogen) atoms. The Bertz CT molecular complexity index is 1460. The molecule has 5 rings (SSSR count). The monoisotopic (exact) mass is 494 g/mol. The van der Waals surface area contributed by atoms with Gasteiger partial charge in [0.05, 0.1) is 12.7 Å². The lowest BCUT2D eigenvalue weighted by Gasteiger charge is -2.28. The van der Waals surface area contributed by atoms with E-state index in [-0.39, 0.29) is 11.5 Å². The molecule has 1 aliphatic rings. The van der Waals surface area contributed by atoms with Crippen molar-refractivity contribution in [2.45, 2.75) is 25.4 Å². The summed E-state index contributed by atoms with van der Waals surface area (Å²) in [6.45, 7) is 2.41. The van der Waals surface area contributed by atoms with Crippen molar-refractivity contribution in [3.05, 3.63) is 113 Å². The molecular weight excluding hydrogens is 468 g/mol. The van der Waals surface area contributed by atoms with Crippen LogP contribution in [0.1, 0.15) is 38.5 Å². The molecule has 0 spiro atoms. The van der Waals surface area contributed by atoms with E-state index in [4.69, 9.17) is 4.74 Å². The summed E-state index contributed by atoms with van der Waals surface area (Å²) in [5, 5.41) is 19.6. The third-order valence-electron chi connectivity index (χ3n) is 6.97. The number of carbonyl (C=O) groups is 2. The number of anilines is 1. The molecule has 1 aliphatic heterocycles. The zero-order valence-corrected chi connectivity index (χ0v) is 20.5. The minimum Gasteiger partial charge on any atom is -0.481 e. The second-order valence-corrected chi connectivity index (χ2v) is 9.11. The Labute approximate surface area is 214 Å². The van der Waals surface area contributed by atoms with Gasteiger partial charge in [-0.25, -0.2) is 14.6 Å². The molecule has 7 heteroatoms. The first-order valence-corrected chi connectivity index (χ1v) is 11.9. The summed E-state index contributed by atoms with van der Waals surface area (Å²) in [7, 11) is 1.55. The van der Waals surface area contributed by atoms with E-state index in [2.05, 4.69) is 11.1 Å². The quantitative estimate of drug-likeness (QED) is 0.356. The number of nitrogens with zero attached hydrogens (tertiary/aromatic N) is 2. The van der Waals surface area contributed by atoms with Gasteiger partial charge in [-0.2, -0.15) is 0 Å². The molecule has 186 valence electrons. The first kappa shape index (κ1) is 24.1. The molecule has 7 nitrogen and oxygen atoms in total. The molecule has 4 aromatic rings. The summed E-state index contributed by atoms with van der Waals surface area (Å²) >= 11 is 0. The average Bonchev–Trinajstić information content (AvgIpc) is 3.24. The number of carboxylic acid groups (broad SMARTS) is 2. The highest BCUT2D eigenvalue weighted by Gasteiger charge is 2.44. The van der Waals surface area contributed by atoms with E-state index in [9.17, 15) is 19.8 Å². The van der Waals surface area contributed by atoms with Crippen LogP contribution in [0.25, 0.3) is 11.1 Å². The Morgan fingerprint density at radius 2 is 1.68 bits per heavy atom. The number of rotatable bonds is 7. The van der Waals surface area contributed by atoms with Gasteiger partial charge in [0.25, 0.3) is 0 Å². The van der Waals surface area contributed by atoms with Gasteiger partial charge in [0.2, 0.25) is 5.88 Å². The Kier molecular flexibility index (Phi) is 6.36. The van der Waals surface area contributed by atoms with Crippen molar-refractivity contribution in [1.29, 1.82) is 0 Å².